The van der Waals surface area contributed by atoms with Crippen molar-refractivity contribution in [2.24, 2.45) is 13.0 Å². The Kier molecular flexibility index (Phi) is 12.3. The molecule has 3 aliphatic heterocycles. The van der Waals surface area contributed by atoms with Crippen molar-refractivity contribution < 1.29 is 24.2 Å². The number of hydrogen-bond donors (Lipinski definition) is 4. The van der Waals surface area contributed by atoms with Crippen LogP contribution in [0.25, 0.3) is 21.9 Å². The number of benzene rings is 1. The number of aryl methyl sites for hydroxylation is 1. The molecule has 2 atom stereocenters. The number of aliphatic hydroxyl groups is 1. The van der Waals surface area contributed by atoms with Crippen LogP contribution in [0.5, 0.6) is 5.75 Å². The summed E-state index contributed by atoms with van der Waals surface area (Å²) in [5, 5.41) is 26.4. The molecule has 2 unspecified atom stereocenters. The maximum absolute atomic E-state index is 13.3. The summed E-state index contributed by atoms with van der Waals surface area (Å²) in [5.41, 5.74) is 2.43. The van der Waals surface area contributed by atoms with Crippen LogP contribution in [0.1, 0.15) is 71.0 Å². The van der Waals surface area contributed by atoms with Crippen LogP contribution in [-0.2, 0) is 21.4 Å². The number of amides is 3. The number of piperidine rings is 2. The first-order valence-electron chi connectivity index (χ1n) is 21.5. The summed E-state index contributed by atoms with van der Waals surface area (Å²) < 4.78 is 9.00. The van der Waals surface area contributed by atoms with Crippen molar-refractivity contribution in [1.29, 1.82) is 0 Å². The Hall–Kier alpha value is -5.85. The number of fused-ring (bicyclic) bond motifs is 2. The number of aromatic nitrogens is 6. The van der Waals surface area contributed by atoms with Crippen molar-refractivity contribution >= 4 is 74.4 Å². The zero-order chi connectivity index (χ0) is 44.7. The molecule has 0 spiro atoms. The lowest BCUT2D eigenvalue weighted by molar-refractivity contribution is -0.134. The zero-order valence-electron chi connectivity index (χ0n) is 36.5. The summed E-state index contributed by atoms with van der Waals surface area (Å²) in [5.74, 6) is -0.0309. The average molecular weight is 883 g/mol. The van der Waals surface area contributed by atoms with E-state index in [0.29, 0.717) is 77.6 Å². The third kappa shape index (κ3) is 9.01. The van der Waals surface area contributed by atoms with Crippen molar-refractivity contribution in [3.63, 3.8) is 0 Å². The molecule has 7 heterocycles. The van der Waals surface area contributed by atoms with Gasteiger partial charge >= 0.3 is 0 Å². The molecular formula is C44H55ClN12O6. The Labute approximate surface area is 369 Å². The van der Waals surface area contributed by atoms with E-state index < -0.39 is 11.5 Å². The van der Waals surface area contributed by atoms with E-state index in [0.717, 1.165) is 49.1 Å². The molecule has 4 aromatic heterocycles. The van der Waals surface area contributed by atoms with Gasteiger partial charge in [-0.3, -0.25) is 38.6 Å². The summed E-state index contributed by atoms with van der Waals surface area (Å²) in [6, 6.07) is 9.13. The van der Waals surface area contributed by atoms with Gasteiger partial charge in [-0.15, -0.1) is 0 Å². The fraction of sp³-hybridized carbons (Fsp3) is 0.500. The predicted octanol–water partition coefficient (Wildman–Crippen LogP) is 3.87. The first-order chi connectivity index (χ1) is 30.1. The summed E-state index contributed by atoms with van der Waals surface area (Å²) >= 11 is 6.65. The van der Waals surface area contributed by atoms with Gasteiger partial charge in [0.15, 0.2) is 18.2 Å². The van der Waals surface area contributed by atoms with Crippen LogP contribution in [0.2, 0.25) is 5.02 Å². The Morgan fingerprint density at radius 2 is 1.83 bits per heavy atom. The second-order valence-electron chi connectivity index (χ2n) is 17.6. The van der Waals surface area contributed by atoms with E-state index in [1.54, 1.807) is 18.5 Å². The molecule has 8 rings (SSSR count). The largest absolute Gasteiger partial charge is 0.478 e. The molecule has 4 N–H and O–H groups in total. The number of anilines is 4. The number of hydrogen-bond acceptors (Lipinski definition) is 14. The van der Waals surface area contributed by atoms with Crippen LogP contribution in [0.4, 0.5) is 23.1 Å². The highest BCUT2D eigenvalue weighted by Crippen LogP contribution is 2.37. The number of ether oxygens (including phenoxy) is 1. The van der Waals surface area contributed by atoms with E-state index in [9.17, 15) is 24.3 Å². The smallest absolute Gasteiger partial charge is 0.294 e. The number of piperazine rings is 1. The number of likely N-dealkylation sites (N-methyl/N-ethyl adjacent to an activating group) is 1. The lowest BCUT2D eigenvalue weighted by Crippen LogP contribution is -2.62. The molecular weight excluding hydrogens is 828 g/mol. The Bertz CT molecular complexity index is 2620. The number of para-hydroxylation sites is 1. The Morgan fingerprint density at radius 1 is 1.05 bits per heavy atom. The number of nitrogens with one attached hydrogen (secondary N) is 3. The van der Waals surface area contributed by atoms with Crippen molar-refractivity contribution in [3.05, 3.63) is 63.8 Å². The monoisotopic (exact) mass is 882 g/mol. The van der Waals surface area contributed by atoms with Crippen molar-refractivity contribution in [3.8, 4) is 5.75 Å². The van der Waals surface area contributed by atoms with Gasteiger partial charge in [0, 0.05) is 76.6 Å². The first-order valence-corrected chi connectivity index (χ1v) is 21.9. The number of carbonyl (C=O) groups excluding carboxylic acids is 3. The number of nitrogens with zero attached hydrogens (tertiary/aromatic N) is 9. The van der Waals surface area contributed by atoms with E-state index in [1.807, 2.05) is 57.6 Å². The lowest BCUT2D eigenvalue weighted by Gasteiger charge is -2.48. The fourth-order valence-corrected chi connectivity index (χ4v) is 9.33. The molecule has 1 aromatic carbocycles. The number of halogens is 1. The summed E-state index contributed by atoms with van der Waals surface area (Å²) in [6.07, 6.45) is 5.88. The quantitative estimate of drug-likeness (QED) is 0.132. The number of imide groups is 1. The third-order valence-electron chi connectivity index (χ3n) is 12.5. The molecule has 0 saturated carbocycles. The molecule has 3 amide bonds. The standard InChI is InChI=1S/C44H55ClN12O6/c1-25(2)57-40-27(19-33(42(57)61)63-24-36(59)46-5)18-28(20-47-40)49-39-31(45)21-48-43(51-39)56-17-16-55(34(23-56)44(3,4)62)22-26-12-14-54(15-13-26)32-9-7-8-29-37(52-53(6)38(29)32)30-10-11-35(58)50-41(30)60/h7-9,18-21,25-26,30,34,62H,10-17,22-24H2,1-6H3,(H,46,59)(H,48,49,51)(H,50,58,60). The Morgan fingerprint density at radius 3 is 2.54 bits per heavy atom. The molecule has 3 aliphatic rings. The van der Waals surface area contributed by atoms with Gasteiger partial charge in [-0.25, -0.2) is 9.97 Å². The van der Waals surface area contributed by atoms with Crippen molar-refractivity contribution in [1.82, 2.24) is 44.8 Å². The summed E-state index contributed by atoms with van der Waals surface area (Å²) in [7, 11) is 3.41. The predicted molar refractivity (Wildman–Crippen MR) is 241 cm³/mol. The van der Waals surface area contributed by atoms with Gasteiger partial charge in [-0.2, -0.15) is 10.1 Å². The molecule has 3 fully saturated rings. The highest BCUT2D eigenvalue weighted by molar-refractivity contribution is 6.33. The third-order valence-corrected chi connectivity index (χ3v) is 12.7. The second-order valence-corrected chi connectivity index (χ2v) is 18.0. The molecule has 0 radical (unpaired) electrons. The molecule has 19 heteroatoms. The van der Waals surface area contributed by atoms with E-state index in [-0.39, 0.29) is 47.7 Å². The molecule has 5 aromatic rings. The van der Waals surface area contributed by atoms with Gasteiger partial charge in [0.2, 0.25) is 17.8 Å². The van der Waals surface area contributed by atoms with Crippen LogP contribution in [0.3, 0.4) is 0 Å². The van der Waals surface area contributed by atoms with Gasteiger partial charge in [0.05, 0.1) is 52.5 Å². The minimum Gasteiger partial charge on any atom is -0.478 e. The minimum absolute atomic E-state index is 0.0363. The van der Waals surface area contributed by atoms with Crippen molar-refractivity contribution in [2.75, 3.05) is 68.0 Å². The second kappa shape index (κ2) is 17.7. The summed E-state index contributed by atoms with van der Waals surface area (Å²) in [4.78, 5) is 70.7. The maximum Gasteiger partial charge on any atom is 0.294 e. The lowest BCUT2D eigenvalue weighted by atomic mass is 9.90. The highest BCUT2D eigenvalue weighted by Gasteiger charge is 2.39. The minimum atomic E-state index is -1.02. The van der Waals surface area contributed by atoms with Gasteiger partial charge in [-0.05, 0) is 71.1 Å². The van der Waals surface area contributed by atoms with E-state index in [1.165, 1.54) is 11.6 Å². The van der Waals surface area contributed by atoms with Crippen LogP contribution in [0.15, 0.2) is 47.5 Å². The molecule has 0 aliphatic carbocycles. The summed E-state index contributed by atoms with van der Waals surface area (Å²) in [6.45, 7) is 11.6. The highest BCUT2D eigenvalue weighted by atomic mass is 35.5. The van der Waals surface area contributed by atoms with Crippen LogP contribution >= 0.6 is 11.6 Å². The van der Waals surface area contributed by atoms with Gasteiger partial charge in [0.1, 0.15) is 10.7 Å². The number of pyridine rings is 2. The number of carbonyl (C=O) groups is 3. The normalized spacial score (nSPS) is 19.3. The average Bonchev–Trinajstić information content (AvgIpc) is 3.59. The Balaban J connectivity index is 0.939. The van der Waals surface area contributed by atoms with Gasteiger partial charge < -0.3 is 30.3 Å². The molecule has 18 nitrogen and oxygen atoms in total. The number of rotatable bonds is 12. The topological polar surface area (TPSA) is 205 Å². The molecule has 0 bridgehead atoms. The zero-order valence-corrected chi connectivity index (χ0v) is 37.3. The fourth-order valence-electron chi connectivity index (χ4n) is 9.19. The van der Waals surface area contributed by atoms with Crippen molar-refractivity contribution in [2.45, 2.75) is 77.0 Å². The molecule has 63 heavy (non-hydrogen) atoms. The van der Waals surface area contributed by atoms with E-state index in [4.69, 9.17) is 26.4 Å². The molecule has 334 valence electrons. The van der Waals surface area contributed by atoms with Crippen LogP contribution < -0.4 is 36.0 Å². The van der Waals surface area contributed by atoms with E-state index in [2.05, 4.69) is 46.7 Å². The SMILES string of the molecule is CNC(=O)COc1cc2cc(Nc3nc(N4CCN(CC5CCN(c6cccc7c(C8CCC(=O)NC8=O)nn(C)c67)CC5)C(C(C)(C)O)C4)ncc3Cl)cnc2n(C(C)C)c1=O. The maximum atomic E-state index is 13.3. The van der Waals surface area contributed by atoms with Gasteiger partial charge in [0.25, 0.3) is 11.5 Å². The van der Waals surface area contributed by atoms with E-state index >= 15 is 0 Å². The first kappa shape index (κ1) is 43.8. The molecule has 3 saturated heterocycles. The van der Waals surface area contributed by atoms with Crippen LogP contribution in [-0.4, -0.2) is 122 Å². The van der Waals surface area contributed by atoms with Gasteiger partial charge in [-0.1, -0.05) is 23.7 Å². The van der Waals surface area contributed by atoms with Crippen LogP contribution in [0, 0.1) is 5.92 Å².